The van der Waals surface area contributed by atoms with Gasteiger partial charge in [-0.15, -0.1) is 11.8 Å². The SMILES string of the molecule is CC1CCN(C(=O)COC(=O)C2CCCN(c3ncccc3C(F)(F)F)C2)c2ccccc2S1. The van der Waals surface area contributed by atoms with Crippen LogP contribution in [-0.2, 0) is 20.5 Å². The van der Waals surface area contributed by atoms with E-state index >= 15 is 0 Å². The molecule has 0 saturated carbocycles. The number of carbonyl (C=O) groups excluding carboxylic acids is 2. The van der Waals surface area contributed by atoms with Crippen LogP contribution in [0.2, 0.25) is 0 Å². The molecule has 2 aliphatic rings. The van der Waals surface area contributed by atoms with Gasteiger partial charge in [0.25, 0.3) is 5.91 Å². The maximum Gasteiger partial charge on any atom is 0.419 e. The van der Waals surface area contributed by atoms with Crippen molar-refractivity contribution >= 4 is 35.1 Å². The second-order valence-corrected chi connectivity index (χ2v) is 9.98. The van der Waals surface area contributed by atoms with Gasteiger partial charge < -0.3 is 14.5 Å². The first kappa shape index (κ1) is 24.4. The van der Waals surface area contributed by atoms with E-state index in [0.717, 1.165) is 23.1 Å². The molecule has 1 aromatic carbocycles. The molecule has 182 valence electrons. The molecule has 2 aromatic rings. The number of piperidine rings is 1. The second-order valence-electron chi connectivity index (χ2n) is 8.50. The molecule has 4 rings (SSSR count). The fourth-order valence-electron chi connectivity index (χ4n) is 4.31. The summed E-state index contributed by atoms with van der Waals surface area (Å²) in [4.78, 5) is 33.7. The van der Waals surface area contributed by atoms with Crippen molar-refractivity contribution in [1.29, 1.82) is 0 Å². The Kier molecular flexibility index (Phi) is 7.35. The monoisotopic (exact) mass is 493 g/mol. The van der Waals surface area contributed by atoms with Crippen molar-refractivity contribution in [3.63, 3.8) is 0 Å². The Morgan fingerprint density at radius 1 is 1.15 bits per heavy atom. The van der Waals surface area contributed by atoms with Gasteiger partial charge in [-0.2, -0.15) is 13.2 Å². The largest absolute Gasteiger partial charge is 0.455 e. The summed E-state index contributed by atoms with van der Waals surface area (Å²) in [5.41, 5.74) is -0.0253. The van der Waals surface area contributed by atoms with E-state index in [1.165, 1.54) is 17.2 Å². The Hall–Kier alpha value is -2.75. The molecule has 2 unspecified atom stereocenters. The number of anilines is 2. The van der Waals surface area contributed by atoms with Crippen LogP contribution < -0.4 is 9.80 Å². The number of esters is 1. The first-order valence-electron chi connectivity index (χ1n) is 11.2. The van der Waals surface area contributed by atoms with Crippen molar-refractivity contribution in [2.75, 3.05) is 36.0 Å². The van der Waals surface area contributed by atoms with Crippen LogP contribution in [0.1, 0.15) is 31.7 Å². The third kappa shape index (κ3) is 5.48. The van der Waals surface area contributed by atoms with Gasteiger partial charge in [-0.3, -0.25) is 9.59 Å². The van der Waals surface area contributed by atoms with Crippen LogP contribution in [0, 0.1) is 5.92 Å². The fraction of sp³-hybridized carbons (Fsp3) is 0.458. The molecular weight excluding hydrogens is 467 g/mol. The zero-order valence-corrected chi connectivity index (χ0v) is 19.6. The summed E-state index contributed by atoms with van der Waals surface area (Å²) in [6.45, 7) is 2.66. The van der Waals surface area contributed by atoms with Gasteiger partial charge >= 0.3 is 12.1 Å². The van der Waals surface area contributed by atoms with Crippen LogP contribution in [0.25, 0.3) is 0 Å². The number of alkyl halides is 3. The number of para-hydroxylation sites is 1. The topological polar surface area (TPSA) is 62.7 Å². The molecule has 0 radical (unpaired) electrons. The van der Waals surface area contributed by atoms with E-state index in [4.69, 9.17) is 4.74 Å². The Balaban J connectivity index is 1.40. The first-order chi connectivity index (χ1) is 16.2. The molecule has 10 heteroatoms. The summed E-state index contributed by atoms with van der Waals surface area (Å²) in [7, 11) is 0. The van der Waals surface area contributed by atoms with Gasteiger partial charge in [0, 0.05) is 36.0 Å². The molecular formula is C24H26F3N3O3S. The molecule has 1 fully saturated rings. The molecule has 1 saturated heterocycles. The number of aromatic nitrogens is 1. The molecule has 0 bridgehead atoms. The van der Waals surface area contributed by atoms with Gasteiger partial charge in [-0.05, 0) is 43.5 Å². The van der Waals surface area contributed by atoms with Gasteiger partial charge in [-0.25, -0.2) is 4.98 Å². The highest BCUT2D eigenvalue weighted by Gasteiger charge is 2.37. The predicted octanol–water partition coefficient (Wildman–Crippen LogP) is 4.78. The molecule has 1 aromatic heterocycles. The molecule has 1 amide bonds. The number of hydrogen-bond acceptors (Lipinski definition) is 6. The van der Waals surface area contributed by atoms with Crippen LogP contribution in [0.3, 0.4) is 0 Å². The minimum Gasteiger partial charge on any atom is -0.455 e. The van der Waals surface area contributed by atoms with Crippen LogP contribution >= 0.6 is 11.8 Å². The summed E-state index contributed by atoms with van der Waals surface area (Å²) < 4.78 is 45.6. The van der Waals surface area contributed by atoms with E-state index in [-0.39, 0.29) is 18.3 Å². The maximum atomic E-state index is 13.4. The smallest absolute Gasteiger partial charge is 0.419 e. The molecule has 0 spiro atoms. The van der Waals surface area contributed by atoms with Gasteiger partial charge in [-0.1, -0.05) is 19.1 Å². The van der Waals surface area contributed by atoms with Gasteiger partial charge in [0.2, 0.25) is 0 Å². The van der Waals surface area contributed by atoms with Crippen molar-refractivity contribution in [3.05, 3.63) is 48.2 Å². The standard InChI is InChI=1S/C24H26F3N3O3S/c1-16-10-13-30(19-8-2-3-9-20(19)34-16)21(31)15-33-23(32)17-6-5-12-29(14-17)22-18(24(25,26)27)7-4-11-28-22/h2-4,7-9,11,16-17H,5-6,10,12-15H2,1H3. The van der Waals surface area contributed by atoms with Crippen molar-refractivity contribution in [3.8, 4) is 0 Å². The zero-order valence-electron chi connectivity index (χ0n) is 18.8. The van der Waals surface area contributed by atoms with Gasteiger partial charge in [0.15, 0.2) is 6.61 Å². The molecule has 0 N–H and O–H groups in total. The van der Waals surface area contributed by atoms with Gasteiger partial charge in [0.05, 0.1) is 17.2 Å². The number of nitrogens with zero attached hydrogens (tertiary/aromatic N) is 3. The number of rotatable bonds is 4. The number of hydrogen-bond donors (Lipinski definition) is 0. The number of benzene rings is 1. The molecule has 34 heavy (non-hydrogen) atoms. The van der Waals surface area contributed by atoms with E-state index in [0.29, 0.717) is 31.2 Å². The van der Waals surface area contributed by atoms with Gasteiger partial charge in [0.1, 0.15) is 5.82 Å². The second kappa shape index (κ2) is 10.2. The lowest BCUT2D eigenvalue weighted by molar-refractivity contribution is -0.152. The average molecular weight is 494 g/mol. The van der Waals surface area contributed by atoms with E-state index in [9.17, 15) is 22.8 Å². The average Bonchev–Trinajstić information content (AvgIpc) is 3.00. The highest BCUT2D eigenvalue weighted by atomic mass is 32.2. The first-order valence-corrected chi connectivity index (χ1v) is 12.1. The lowest BCUT2D eigenvalue weighted by Gasteiger charge is -2.33. The van der Waals surface area contributed by atoms with E-state index in [2.05, 4.69) is 11.9 Å². The summed E-state index contributed by atoms with van der Waals surface area (Å²) in [6, 6.07) is 9.87. The normalized spacial score (nSPS) is 20.9. The van der Waals surface area contributed by atoms with E-state index in [1.807, 2.05) is 24.3 Å². The van der Waals surface area contributed by atoms with Crippen LogP contribution in [0.15, 0.2) is 47.5 Å². The third-order valence-corrected chi connectivity index (χ3v) is 7.27. The number of carbonyl (C=O) groups is 2. The summed E-state index contributed by atoms with van der Waals surface area (Å²) in [6.07, 6.45) is -1.41. The number of fused-ring (bicyclic) bond motifs is 1. The van der Waals surface area contributed by atoms with Crippen LogP contribution in [0.4, 0.5) is 24.7 Å². The van der Waals surface area contributed by atoms with Crippen molar-refractivity contribution < 1.29 is 27.5 Å². The van der Waals surface area contributed by atoms with Crippen molar-refractivity contribution in [2.45, 2.75) is 42.5 Å². The Bertz CT molecular complexity index is 1050. The molecule has 2 aliphatic heterocycles. The molecule has 3 heterocycles. The lowest BCUT2D eigenvalue weighted by atomic mass is 9.97. The Morgan fingerprint density at radius 2 is 1.94 bits per heavy atom. The fourth-order valence-corrected chi connectivity index (χ4v) is 5.42. The number of halogens is 3. The number of ether oxygens (including phenoxy) is 1. The quantitative estimate of drug-likeness (QED) is 0.572. The van der Waals surface area contributed by atoms with E-state index in [1.54, 1.807) is 16.7 Å². The summed E-state index contributed by atoms with van der Waals surface area (Å²) >= 11 is 1.71. The third-order valence-electron chi connectivity index (χ3n) is 6.03. The Labute approximate surface area is 200 Å². The highest BCUT2D eigenvalue weighted by Crippen LogP contribution is 2.38. The number of pyridine rings is 1. The summed E-state index contributed by atoms with van der Waals surface area (Å²) in [5, 5.41) is 0.350. The predicted molar refractivity (Wildman–Crippen MR) is 124 cm³/mol. The zero-order chi connectivity index (χ0) is 24.3. The Morgan fingerprint density at radius 3 is 2.74 bits per heavy atom. The number of amides is 1. The summed E-state index contributed by atoms with van der Waals surface area (Å²) in [5.74, 6) is -1.70. The molecule has 2 atom stereocenters. The van der Waals surface area contributed by atoms with E-state index < -0.39 is 30.2 Å². The molecule has 6 nitrogen and oxygen atoms in total. The molecule has 0 aliphatic carbocycles. The number of thioether (sulfide) groups is 1. The highest BCUT2D eigenvalue weighted by molar-refractivity contribution is 8.00. The minimum absolute atomic E-state index is 0.0633. The van der Waals surface area contributed by atoms with Crippen molar-refractivity contribution in [1.82, 2.24) is 4.98 Å². The van der Waals surface area contributed by atoms with Crippen LogP contribution in [0.5, 0.6) is 0 Å². The minimum atomic E-state index is -4.54. The van der Waals surface area contributed by atoms with Crippen LogP contribution in [-0.4, -0.2) is 48.4 Å². The lowest BCUT2D eigenvalue weighted by Crippen LogP contribution is -2.42. The van der Waals surface area contributed by atoms with Crippen molar-refractivity contribution in [2.24, 2.45) is 5.92 Å². The maximum absolute atomic E-state index is 13.4.